The number of amides is 1. The molecule has 2 heterocycles. The Hall–Kier alpha value is -4.21. The summed E-state index contributed by atoms with van der Waals surface area (Å²) in [7, 11) is 3.13. The number of methoxy groups -OCH3 is 2. The Labute approximate surface area is 190 Å². The molecule has 0 atom stereocenters. The molecule has 33 heavy (non-hydrogen) atoms. The summed E-state index contributed by atoms with van der Waals surface area (Å²) in [5.41, 5.74) is 2.14. The van der Waals surface area contributed by atoms with Crippen LogP contribution in [0.5, 0.6) is 23.1 Å². The first-order chi connectivity index (χ1) is 16.0. The molecular formula is C23H24N6O4. The van der Waals surface area contributed by atoms with E-state index in [0.717, 1.165) is 5.69 Å². The lowest BCUT2D eigenvalue weighted by Crippen LogP contribution is -2.19. The molecule has 10 nitrogen and oxygen atoms in total. The molecule has 0 aliphatic carbocycles. The Kier molecular flexibility index (Phi) is 6.34. The number of fused-ring (bicyclic) bond motifs is 1. The van der Waals surface area contributed by atoms with Crippen molar-refractivity contribution < 1.29 is 19.0 Å². The zero-order chi connectivity index (χ0) is 23.4. The van der Waals surface area contributed by atoms with Gasteiger partial charge in [-0.15, -0.1) is 5.10 Å². The van der Waals surface area contributed by atoms with Gasteiger partial charge in [-0.3, -0.25) is 4.79 Å². The largest absolute Gasteiger partial charge is 0.493 e. The lowest BCUT2D eigenvalue weighted by Gasteiger charge is -2.12. The van der Waals surface area contributed by atoms with E-state index in [2.05, 4.69) is 25.6 Å². The van der Waals surface area contributed by atoms with Crippen molar-refractivity contribution in [3.63, 3.8) is 0 Å². The average molecular weight is 448 g/mol. The standard InChI is InChI=1S/C23H24N6O4/c1-14(2)19-11-29(28-27-19)12-22(30)26-15-5-7-16(8-6-15)33-23-17-9-20(31-3)21(32-4)10-18(17)24-13-25-23/h5-11,13-14H,12H2,1-4H3,(H,26,30). The van der Waals surface area contributed by atoms with Crippen LogP contribution in [0.25, 0.3) is 10.9 Å². The Balaban J connectivity index is 1.45. The molecule has 0 aliphatic heterocycles. The third-order valence-electron chi connectivity index (χ3n) is 4.91. The van der Waals surface area contributed by atoms with Crippen molar-refractivity contribution in [1.29, 1.82) is 0 Å². The number of aromatic nitrogens is 5. The van der Waals surface area contributed by atoms with Gasteiger partial charge in [0.05, 0.1) is 30.8 Å². The fourth-order valence-electron chi connectivity index (χ4n) is 3.16. The van der Waals surface area contributed by atoms with E-state index in [-0.39, 0.29) is 18.4 Å². The lowest BCUT2D eigenvalue weighted by atomic mass is 10.2. The smallest absolute Gasteiger partial charge is 0.246 e. The number of ether oxygens (including phenoxy) is 3. The molecule has 0 radical (unpaired) electrons. The van der Waals surface area contributed by atoms with E-state index in [4.69, 9.17) is 14.2 Å². The summed E-state index contributed by atoms with van der Waals surface area (Å²) in [4.78, 5) is 20.8. The van der Waals surface area contributed by atoms with Gasteiger partial charge >= 0.3 is 0 Å². The van der Waals surface area contributed by atoms with E-state index >= 15 is 0 Å². The van der Waals surface area contributed by atoms with Crippen LogP contribution in [0.4, 0.5) is 5.69 Å². The van der Waals surface area contributed by atoms with E-state index in [0.29, 0.717) is 39.7 Å². The molecule has 10 heteroatoms. The van der Waals surface area contributed by atoms with Crippen LogP contribution in [0.1, 0.15) is 25.5 Å². The minimum Gasteiger partial charge on any atom is -0.493 e. The normalized spacial score (nSPS) is 10.9. The molecule has 1 amide bonds. The van der Waals surface area contributed by atoms with Crippen LogP contribution >= 0.6 is 0 Å². The molecule has 0 bridgehead atoms. The summed E-state index contributed by atoms with van der Waals surface area (Å²) >= 11 is 0. The molecule has 2 aromatic carbocycles. The zero-order valence-electron chi connectivity index (χ0n) is 18.8. The van der Waals surface area contributed by atoms with Crippen LogP contribution in [-0.4, -0.2) is 45.1 Å². The number of carbonyl (C=O) groups excluding carboxylic acids is 1. The van der Waals surface area contributed by atoms with Crippen molar-refractivity contribution in [1.82, 2.24) is 25.0 Å². The van der Waals surface area contributed by atoms with Crippen LogP contribution < -0.4 is 19.5 Å². The second-order valence-electron chi connectivity index (χ2n) is 7.57. The van der Waals surface area contributed by atoms with Crippen LogP contribution in [0.3, 0.4) is 0 Å². The van der Waals surface area contributed by atoms with Crippen LogP contribution in [-0.2, 0) is 11.3 Å². The Morgan fingerprint density at radius 1 is 1.06 bits per heavy atom. The monoisotopic (exact) mass is 448 g/mol. The number of hydrogen-bond donors (Lipinski definition) is 1. The van der Waals surface area contributed by atoms with Gasteiger partial charge in [-0.1, -0.05) is 19.1 Å². The van der Waals surface area contributed by atoms with Gasteiger partial charge in [-0.25, -0.2) is 14.6 Å². The van der Waals surface area contributed by atoms with Gasteiger partial charge in [0.25, 0.3) is 0 Å². The third kappa shape index (κ3) is 5.00. The highest BCUT2D eigenvalue weighted by atomic mass is 16.5. The molecule has 0 saturated carbocycles. The van der Waals surface area contributed by atoms with E-state index < -0.39 is 0 Å². The van der Waals surface area contributed by atoms with Gasteiger partial charge in [0.2, 0.25) is 11.8 Å². The molecule has 4 rings (SSSR count). The summed E-state index contributed by atoms with van der Waals surface area (Å²) in [5.74, 6) is 2.11. The summed E-state index contributed by atoms with van der Waals surface area (Å²) in [6.07, 6.45) is 3.20. The molecule has 0 saturated heterocycles. The summed E-state index contributed by atoms with van der Waals surface area (Å²) < 4.78 is 18.2. The quantitative estimate of drug-likeness (QED) is 0.433. The van der Waals surface area contributed by atoms with E-state index in [1.807, 2.05) is 13.8 Å². The summed E-state index contributed by atoms with van der Waals surface area (Å²) in [5, 5.41) is 11.6. The van der Waals surface area contributed by atoms with E-state index in [1.54, 1.807) is 56.8 Å². The molecule has 0 aliphatic rings. The highest BCUT2D eigenvalue weighted by Crippen LogP contribution is 2.35. The number of nitrogens with zero attached hydrogens (tertiary/aromatic N) is 5. The van der Waals surface area contributed by atoms with Gasteiger partial charge in [0.15, 0.2) is 11.5 Å². The first-order valence-electron chi connectivity index (χ1n) is 10.3. The molecule has 0 unspecified atom stereocenters. The number of benzene rings is 2. The first kappa shape index (κ1) is 22.0. The van der Waals surface area contributed by atoms with Gasteiger partial charge in [-0.2, -0.15) is 0 Å². The molecule has 0 fully saturated rings. The maximum Gasteiger partial charge on any atom is 0.246 e. The van der Waals surface area contributed by atoms with Gasteiger partial charge in [-0.05, 0) is 36.2 Å². The fourth-order valence-corrected chi connectivity index (χ4v) is 3.16. The Bertz CT molecular complexity index is 1270. The SMILES string of the molecule is COc1cc2ncnc(Oc3ccc(NC(=O)Cn4cc(C(C)C)nn4)cc3)c2cc1OC. The Morgan fingerprint density at radius 3 is 2.45 bits per heavy atom. The predicted molar refractivity (Wildman–Crippen MR) is 122 cm³/mol. The molecule has 2 aromatic heterocycles. The highest BCUT2D eigenvalue weighted by Gasteiger charge is 2.13. The molecule has 0 spiro atoms. The molecule has 170 valence electrons. The van der Waals surface area contributed by atoms with Crippen LogP contribution in [0, 0.1) is 0 Å². The summed E-state index contributed by atoms with van der Waals surface area (Å²) in [6, 6.07) is 10.5. The van der Waals surface area contributed by atoms with Crippen molar-refractivity contribution in [2.75, 3.05) is 19.5 Å². The second-order valence-corrected chi connectivity index (χ2v) is 7.57. The summed E-state index contributed by atoms with van der Waals surface area (Å²) in [6.45, 7) is 4.13. The molecule has 4 aromatic rings. The number of anilines is 1. The topological polar surface area (TPSA) is 113 Å². The van der Waals surface area contributed by atoms with Crippen molar-refractivity contribution in [3.05, 3.63) is 54.6 Å². The second kappa shape index (κ2) is 9.51. The van der Waals surface area contributed by atoms with Crippen molar-refractivity contribution in [2.45, 2.75) is 26.3 Å². The minimum atomic E-state index is -0.202. The number of carbonyl (C=O) groups is 1. The van der Waals surface area contributed by atoms with E-state index in [9.17, 15) is 4.79 Å². The lowest BCUT2D eigenvalue weighted by molar-refractivity contribution is -0.116. The zero-order valence-corrected chi connectivity index (χ0v) is 18.8. The average Bonchev–Trinajstić information content (AvgIpc) is 3.28. The van der Waals surface area contributed by atoms with E-state index in [1.165, 1.54) is 11.0 Å². The first-order valence-corrected chi connectivity index (χ1v) is 10.3. The Morgan fingerprint density at radius 2 is 1.79 bits per heavy atom. The van der Waals surface area contributed by atoms with Crippen LogP contribution in [0.2, 0.25) is 0 Å². The fraction of sp³-hybridized carbons (Fsp3) is 0.261. The number of hydrogen-bond acceptors (Lipinski definition) is 8. The highest BCUT2D eigenvalue weighted by molar-refractivity contribution is 5.90. The third-order valence-corrected chi connectivity index (χ3v) is 4.91. The van der Waals surface area contributed by atoms with Crippen LogP contribution in [0.15, 0.2) is 48.9 Å². The van der Waals surface area contributed by atoms with Crippen molar-refractivity contribution in [3.8, 4) is 23.1 Å². The minimum absolute atomic E-state index is 0.0796. The predicted octanol–water partition coefficient (Wildman–Crippen LogP) is 3.79. The number of rotatable bonds is 8. The van der Waals surface area contributed by atoms with Gasteiger partial charge < -0.3 is 19.5 Å². The molecule has 1 N–H and O–H groups in total. The molecular weight excluding hydrogens is 424 g/mol. The number of nitrogens with one attached hydrogen (secondary N) is 1. The van der Waals surface area contributed by atoms with Gasteiger partial charge in [0, 0.05) is 18.0 Å². The van der Waals surface area contributed by atoms with Crippen molar-refractivity contribution in [2.24, 2.45) is 0 Å². The maximum atomic E-state index is 12.3. The maximum absolute atomic E-state index is 12.3. The van der Waals surface area contributed by atoms with Gasteiger partial charge in [0.1, 0.15) is 18.6 Å². The van der Waals surface area contributed by atoms with Crippen molar-refractivity contribution >= 4 is 22.5 Å².